The van der Waals surface area contributed by atoms with Gasteiger partial charge in [-0.3, -0.25) is 13.9 Å². The highest BCUT2D eigenvalue weighted by molar-refractivity contribution is 7.92. The van der Waals surface area contributed by atoms with Crippen LogP contribution < -0.4 is 14.4 Å². The van der Waals surface area contributed by atoms with Gasteiger partial charge in [-0.25, -0.2) is 8.42 Å². The van der Waals surface area contributed by atoms with Gasteiger partial charge in [0.2, 0.25) is 11.8 Å². The summed E-state index contributed by atoms with van der Waals surface area (Å²) in [6.45, 7) is 1.61. The van der Waals surface area contributed by atoms with E-state index in [-0.39, 0.29) is 35.5 Å². The van der Waals surface area contributed by atoms with Crippen LogP contribution in [0.2, 0.25) is 15.1 Å². The average Bonchev–Trinajstić information content (AvgIpc) is 3.11. The molecular formula is C38H40Cl3N3O5S. The Kier molecular flexibility index (Phi) is 13.1. The van der Waals surface area contributed by atoms with E-state index in [2.05, 4.69) is 5.32 Å². The molecule has 2 amide bonds. The quantitative estimate of drug-likeness (QED) is 0.140. The van der Waals surface area contributed by atoms with Crippen molar-refractivity contribution in [2.45, 2.75) is 69.0 Å². The van der Waals surface area contributed by atoms with Crippen LogP contribution in [0.25, 0.3) is 0 Å². The second kappa shape index (κ2) is 17.4. The van der Waals surface area contributed by atoms with Crippen molar-refractivity contribution in [2.75, 3.05) is 17.5 Å². The lowest BCUT2D eigenvalue weighted by molar-refractivity contribution is -0.140. The van der Waals surface area contributed by atoms with E-state index in [0.29, 0.717) is 33.0 Å². The van der Waals surface area contributed by atoms with Crippen molar-refractivity contribution >= 4 is 62.3 Å². The molecule has 0 saturated heterocycles. The fraction of sp³-hybridized carbons (Fsp3) is 0.316. The predicted octanol–water partition coefficient (Wildman–Crippen LogP) is 8.33. The smallest absolute Gasteiger partial charge is 0.264 e. The summed E-state index contributed by atoms with van der Waals surface area (Å²) in [6, 6.07) is 25.6. The minimum absolute atomic E-state index is 0.0174. The number of nitrogens with zero attached hydrogens (tertiary/aromatic N) is 2. The Morgan fingerprint density at radius 1 is 0.860 bits per heavy atom. The molecule has 1 atom stereocenters. The normalized spacial score (nSPS) is 14.1. The fourth-order valence-corrected chi connectivity index (χ4v) is 8.08. The van der Waals surface area contributed by atoms with Gasteiger partial charge in [-0.2, -0.15) is 0 Å². The summed E-state index contributed by atoms with van der Waals surface area (Å²) in [5.74, 6) is -0.359. The highest BCUT2D eigenvalue weighted by Crippen LogP contribution is 2.29. The van der Waals surface area contributed by atoms with E-state index in [9.17, 15) is 18.0 Å². The highest BCUT2D eigenvalue weighted by Gasteiger charge is 2.35. The van der Waals surface area contributed by atoms with Gasteiger partial charge in [0.25, 0.3) is 10.0 Å². The van der Waals surface area contributed by atoms with E-state index >= 15 is 0 Å². The average molecular weight is 757 g/mol. The number of benzene rings is 4. The van der Waals surface area contributed by atoms with Gasteiger partial charge in [0.15, 0.2) is 0 Å². The maximum absolute atomic E-state index is 14.8. The van der Waals surface area contributed by atoms with Crippen LogP contribution in [-0.4, -0.2) is 50.4 Å². The zero-order valence-corrected chi connectivity index (χ0v) is 30.8. The second-order valence-electron chi connectivity index (χ2n) is 12.2. The summed E-state index contributed by atoms with van der Waals surface area (Å²) in [5.41, 5.74) is 1.64. The van der Waals surface area contributed by atoms with Crippen molar-refractivity contribution in [1.29, 1.82) is 0 Å². The van der Waals surface area contributed by atoms with E-state index in [1.807, 2.05) is 37.3 Å². The Balaban J connectivity index is 1.58. The molecule has 0 heterocycles. The summed E-state index contributed by atoms with van der Waals surface area (Å²) in [5, 5.41) is 4.31. The summed E-state index contributed by atoms with van der Waals surface area (Å²) in [7, 11) is -4.30. The number of halogens is 3. The van der Waals surface area contributed by atoms with Crippen molar-refractivity contribution < 1.29 is 22.7 Å². The minimum Gasteiger partial charge on any atom is -0.494 e. The first-order chi connectivity index (χ1) is 24.0. The number of amides is 2. The summed E-state index contributed by atoms with van der Waals surface area (Å²) < 4.78 is 35.2. The van der Waals surface area contributed by atoms with Gasteiger partial charge >= 0.3 is 0 Å². The van der Waals surface area contributed by atoms with Crippen molar-refractivity contribution in [3.05, 3.63) is 123 Å². The van der Waals surface area contributed by atoms with Crippen molar-refractivity contribution in [2.24, 2.45) is 0 Å². The first kappa shape index (κ1) is 37.5. The monoisotopic (exact) mass is 755 g/mol. The van der Waals surface area contributed by atoms with Crippen LogP contribution in [0.5, 0.6) is 5.75 Å². The van der Waals surface area contributed by atoms with Crippen LogP contribution in [0.4, 0.5) is 5.69 Å². The Morgan fingerprint density at radius 2 is 1.52 bits per heavy atom. The molecule has 4 aromatic carbocycles. The fourth-order valence-electron chi connectivity index (χ4n) is 6.07. The minimum atomic E-state index is -4.30. The maximum atomic E-state index is 14.8. The molecule has 5 rings (SSSR count). The van der Waals surface area contributed by atoms with Gasteiger partial charge in [0, 0.05) is 34.1 Å². The van der Waals surface area contributed by atoms with Crippen LogP contribution in [0.1, 0.15) is 50.2 Å². The maximum Gasteiger partial charge on any atom is 0.264 e. The van der Waals surface area contributed by atoms with Crippen LogP contribution in [0.3, 0.4) is 0 Å². The number of hydrogen-bond donors (Lipinski definition) is 1. The molecule has 264 valence electrons. The first-order valence-corrected chi connectivity index (χ1v) is 19.2. The van der Waals surface area contributed by atoms with Gasteiger partial charge in [-0.1, -0.05) is 90.5 Å². The predicted molar refractivity (Wildman–Crippen MR) is 200 cm³/mol. The SMILES string of the molecule is CCOc1ccc(N(CC(=O)N(Cc2ccc(Cl)cc2Cl)[C@@H](Cc2ccccc2)C(=O)NC2CCCCC2)S(=O)(=O)c2ccc(Cl)cc2)cc1. The third-order valence-corrected chi connectivity index (χ3v) is 11.3. The number of ether oxygens (including phenoxy) is 1. The standard InChI is InChI=1S/C38H40Cl3N3O5S/c1-2-49-33-19-17-32(18-20-33)44(50(47,48)34-21-15-29(39)16-22-34)26-37(45)43(25-28-13-14-30(40)24-35(28)41)36(23-27-9-5-3-6-10-27)38(46)42-31-11-7-4-8-12-31/h3,5-6,9-10,13-22,24,31,36H,2,4,7-8,11-12,23,25-26H2,1H3,(H,42,46)/t36-/m0/s1. The lowest BCUT2D eigenvalue weighted by Crippen LogP contribution is -2.55. The Bertz CT molecular complexity index is 1850. The molecular weight excluding hydrogens is 717 g/mol. The third-order valence-electron chi connectivity index (χ3n) is 8.69. The Morgan fingerprint density at radius 3 is 2.16 bits per heavy atom. The topological polar surface area (TPSA) is 96.0 Å². The van der Waals surface area contributed by atoms with Gasteiger partial charge < -0.3 is 15.0 Å². The summed E-state index contributed by atoms with van der Waals surface area (Å²) >= 11 is 18.9. The molecule has 0 radical (unpaired) electrons. The number of sulfonamides is 1. The molecule has 4 aromatic rings. The van der Waals surface area contributed by atoms with E-state index in [1.54, 1.807) is 42.5 Å². The molecule has 0 unspecified atom stereocenters. The van der Waals surface area contributed by atoms with Crippen LogP contribution in [-0.2, 0) is 32.6 Å². The van der Waals surface area contributed by atoms with E-state index in [4.69, 9.17) is 39.5 Å². The molecule has 1 aliphatic rings. The lowest BCUT2D eigenvalue weighted by Gasteiger charge is -2.35. The molecule has 0 aromatic heterocycles. The Hall–Kier alpha value is -3.76. The molecule has 1 N–H and O–H groups in total. The Labute approximate surface area is 309 Å². The molecule has 1 fully saturated rings. The number of carbonyl (C=O) groups excluding carboxylic acids is 2. The van der Waals surface area contributed by atoms with Gasteiger partial charge in [0.1, 0.15) is 18.3 Å². The van der Waals surface area contributed by atoms with Crippen molar-refractivity contribution in [3.63, 3.8) is 0 Å². The zero-order chi connectivity index (χ0) is 35.7. The zero-order valence-electron chi connectivity index (χ0n) is 27.7. The first-order valence-electron chi connectivity index (χ1n) is 16.6. The molecule has 1 aliphatic carbocycles. The molecule has 50 heavy (non-hydrogen) atoms. The van der Waals surface area contributed by atoms with Gasteiger partial charge in [-0.05, 0) is 91.6 Å². The third kappa shape index (κ3) is 9.72. The molecule has 0 spiro atoms. The number of rotatable bonds is 14. The largest absolute Gasteiger partial charge is 0.494 e. The second-order valence-corrected chi connectivity index (χ2v) is 15.3. The molecule has 1 saturated carbocycles. The molecule has 12 heteroatoms. The van der Waals surface area contributed by atoms with Gasteiger partial charge in [0.05, 0.1) is 17.2 Å². The highest BCUT2D eigenvalue weighted by atomic mass is 35.5. The lowest BCUT2D eigenvalue weighted by atomic mass is 9.94. The van der Waals surface area contributed by atoms with Crippen molar-refractivity contribution in [3.8, 4) is 5.75 Å². The van der Waals surface area contributed by atoms with Crippen molar-refractivity contribution in [1.82, 2.24) is 10.2 Å². The number of hydrogen-bond acceptors (Lipinski definition) is 5. The van der Waals surface area contributed by atoms with Crippen LogP contribution >= 0.6 is 34.8 Å². The van der Waals surface area contributed by atoms with Crippen LogP contribution in [0, 0.1) is 0 Å². The van der Waals surface area contributed by atoms with Crippen LogP contribution in [0.15, 0.2) is 102 Å². The van der Waals surface area contributed by atoms with E-state index < -0.39 is 28.5 Å². The molecule has 0 aliphatic heterocycles. The number of carbonyl (C=O) groups is 2. The number of nitrogens with one attached hydrogen (secondary N) is 1. The molecule has 8 nitrogen and oxygen atoms in total. The van der Waals surface area contributed by atoms with E-state index in [0.717, 1.165) is 42.0 Å². The summed E-state index contributed by atoms with van der Waals surface area (Å²) in [6.07, 6.45) is 5.04. The number of anilines is 1. The summed E-state index contributed by atoms with van der Waals surface area (Å²) in [4.78, 5) is 30.4. The van der Waals surface area contributed by atoms with E-state index in [1.165, 1.54) is 29.2 Å². The molecule has 0 bridgehead atoms. The van der Waals surface area contributed by atoms with Gasteiger partial charge in [-0.15, -0.1) is 0 Å².